The summed E-state index contributed by atoms with van der Waals surface area (Å²) in [6, 6.07) is 0. The van der Waals surface area contributed by atoms with Crippen LogP contribution in [0.25, 0.3) is 0 Å². The molecule has 1 nitrogen and oxygen atoms in total. The standard InChI is InChI=1S/C6H9IO/c7-5-2-1-3-6(8)4-5/h5H,1-4H2/t5-/m1/s1. The lowest BCUT2D eigenvalue weighted by Gasteiger charge is -2.13. The minimum Gasteiger partial charge on any atom is -0.300 e. The summed E-state index contributed by atoms with van der Waals surface area (Å²) in [6.07, 6.45) is 4.01. The number of halogens is 1. The van der Waals surface area contributed by atoms with E-state index in [1.807, 2.05) is 0 Å². The van der Waals surface area contributed by atoms with Crippen molar-refractivity contribution >= 4 is 28.4 Å². The fourth-order valence-corrected chi connectivity index (χ4v) is 1.90. The normalized spacial score (nSPS) is 30.6. The third-order valence-electron chi connectivity index (χ3n) is 1.42. The van der Waals surface area contributed by atoms with Crippen molar-refractivity contribution in [1.29, 1.82) is 0 Å². The van der Waals surface area contributed by atoms with Crippen LogP contribution in [0, 0.1) is 0 Å². The number of carbonyl (C=O) groups excluding carboxylic acids is 1. The average molecular weight is 224 g/mol. The SMILES string of the molecule is O=C1CCC[C@@H](I)C1. The smallest absolute Gasteiger partial charge is 0.133 e. The summed E-state index contributed by atoms with van der Waals surface area (Å²) in [7, 11) is 0. The Morgan fingerprint density at radius 2 is 2.38 bits per heavy atom. The van der Waals surface area contributed by atoms with Gasteiger partial charge in [-0.2, -0.15) is 0 Å². The first-order chi connectivity index (χ1) is 3.79. The van der Waals surface area contributed by atoms with Crippen molar-refractivity contribution in [3.63, 3.8) is 0 Å². The van der Waals surface area contributed by atoms with Gasteiger partial charge in [0.05, 0.1) is 0 Å². The first kappa shape index (κ1) is 6.52. The van der Waals surface area contributed by atoms with Crippen LogP contribution in [0.15, 0.2) is 0 Å². The summed E-state index contributed by atoms with van der Waals surface area (Å²) in [5.74, 6) is 0.454. The number of ketones is 1. The third kappa shape index (κ3) is 1.73. The molecule has 1 aliphatic carbocycles. The molecule has 0 amide bonds. The van der Waals surface area contributed by atoms with Crippen LogP contribution in [0.1, 0.15) is 25.7 Å². The average Bonchev–Trinajstić information content (AvgIpc) is 1.64. The molecule has 0 aromatic carbocycles. The van der Waals surface area contributed by atoms with Gasteiger partial charge >= 0.3 is 0 Å². The van der Waals surface area contributed by atoms with Crippen molar-refractivity contribution in [2.24, 2.45) is 0 Å². The first-order valence-corrected chi connectivity index (χ1v) is 4.19. The number of Topliss-reactive ketones (excluding diaryl/α,β-unsaturated/α-hetero) is 1. The largest absolute Gasteiger partial charge is 0.300 e. The van der Waals surface area contributed by atoms with Crippen LogP contribution in [0.4, 0.5) is 0 Å². The van der Waals surface area contributed by atoms with Crippen molar-refractivity contribution in [3.8, 4) is 0 Å². The van der Waals surface area contributed by atoms with Gasteiger partial charge in [-0.05, 0) is 12.8 Å². The maximum Gasteiger partial charge on any atom is 0.133 e. The lowest BCUT2D eigenvalue weighted by molar-refractivity contribution is -0.119. The van der Waals surface area contributed by atoms with Gasteiger partial charge < -0.3 is 0 Å². The van der Waals surface area contributed by atoms with Gasteiger partial charge in [-0.1, -0.05) is 22.6 Å². The Labute approximate surface area is 63.0 Å². The van der Waals surface area contributed by atoms with E-state index in [-0.39, 0.29) is 0 Å². The molecule has 0 spiro atoms. The molecule has 0 saturated heterocycles. The van der Waals surface area contributed by atoms with Crippen LogP contribution < -0.4 is 0 Å². The van der Waals surface area contributed by atoms with Gasteiger partial charge in [-0.15, -0.1) is 0 Å². The highest BCUT2D eigenvalue weighted by Crippen LogP contribution is 2.21. The number of hydrogen-bond acceptors (Lipinski definition) is 1. The molecule has 2 heteroatoms. The molecule has 1 fully saturated rings. The molecule has 1 rings (SSSR count). The van der Waals surface area contributed by atoms with Gasteiger partial charge in [0.1, 0.15) is 5.78 Å². The van der Waals surface area contributed by atoms with E-state index in [4.69, 9.17) is 0 Å². The Bertz CT molecular complexity index is 101. The zero-order chi connectivity index (χ0) is 5.98. The predicted molar refractivity (Wildman–Crippen MR) is 41.3 cm³/mol. The second-order valence-corrected chi connectivity index (χ2v) is 3.99. The molecule has 0 aliphatic heterocycles. The number of hydrogen-bond donors (Lipinski definition) is 0. The van der Waals surface area contributed by atoms with Gasteiger partial charge in [-0.25, -0.2) is 0 Å². The molecule has 0 bridgehead atoms. The van der Waals surface area contributed by atoms with E-state index in [1.165, 1.54) is 6.42 Å². The maximum atomic E-state index is 10.7. The summed E-state index contributed by atoms with van der Waals surface area (Å²) in [5.41, 5.74) is 0. The molecule has 0 aromatic rings. The highest BCUT2D eigenvalue weighted by atomic mass is 127. The summed E-state index contributed by atoms with van der Waals surface area (Å²) < 4.78 is 0.633. The summed E-state index contributed by atoms with van der Waals surface area (Å²) in [5, 5.41) is 0. The molecule has 46 valence electrons. The van der Waals surface area contributed by atoms with Crippen LogP contribution in [-0.2, 0) is 4.79 Å². The van der Waals surface area contributed by atoms with Gasteiger partial charge in [-0.3, -0.25) is 4.79 Å². The molecular formula is C6H9IO. The second kappa shape index (κ2) is 2.80. The third-order valence-corrected chi connectivity index (χ3v) is 2.49. The van der Waals surface area contributed by atoms with Crippen molar-refractivity contribution < 1.29 is 4.79 Å². The molecule has 1 atom stereocenters. The Kier molecular flexibility index (Phi) is 2.28. The zero-order valence-electron chi connectivity index (χ0n) is 4.69. The number of alkyl halides is 1. The van der Waals surface area contributed by atoms with E-state index in [9.17, 15) is 4.79 Å². The predicted octanol–water partition coefficient (Wildman–Crippen LogP) is 1.93. The monoisotopic (exact) mass is 224 g/mol. The number of rotatable bonds is 0. The van der Waals surface area contributed by atoms with E-state index >= 15 is 0 Å². The van der Waals surface area contributed by atoms with Crippen LogP contribution in [0.2, 0.25) is 0 Å². The minimum atomic E-state index is 0.454. The molecule has 8 heavy (non-hydrogen) atoms. The molecular weight excluding hydrogens is 215 g/mol. The Hall–Kier alpha value is 0.400. The zero-order valence-corrected chi connectivity index (χ0v) is 6.85. The van der Waals surface area contributed by atoms with Crippen LogP contribution >= 0.6 is 22.6 Å². The number of carbonyl (C=O) groups is 1. The maximum absolute atomic E-state index is 10.7. The fourth-order valence-electron chi connectivity index (χ4n) is 0.972. The summed E-state index contributed by atoms with van der Waals surface area (Å²) in [4.78, 5) is 10.7. The Morgan fingerprint density at radius 3 is 2.75 bits per heavy atom. The van der Waals surface area contributed by atoms with Crippen LogP contribution in [0.3, 0.4) is 0 Å². The fraction of sp³-hybridized carbons (Fsp3) is 0.833. The van der Waals surface area contributed by atoms with Crippen molar-refractivity contribution in [2.75, 3.05) is 0 Å². The second-order valence-electron chi connectivity index (χ2n) is 2.23. The van der Waals surface area contributed by atoms with E-state index in [0.717, 1.165) is 19.3 Å². The lowest BCUT2D eigenvalue weighted by Crippen LogP contribution is -2.13. The molecule has 0 aromatic heterocycles. The molecule has 0 radical (unpaired) electrons. The topological polar surface area (TPSA) is 17.1 Å². The van der Waals surface area contributed by atoms with Crippen molar-refractivity contribution in [1.82, 2.24) is 0 Å². The highest BCUT2D eigenvalue weighted by molar-refractivity contribution is 14.1. The molecule has 1 saturated carbocycles. The molecule has 0 N–H and O–H groups in total. The van der Waals surface area contributed by atoms with Crippen molar-refractivity contribution in [3.05, 3.63) is 0 Å². The van der Waals surface area contributed by atoms with Gasteiger partial charge in [0, 0.05) is 16.8 Å². The van der Waals surface area contributed by atoms with Gasteiger partial charge in [0.15, 0.2) is 0 Å². The Balaban J connectivity index is 2.34. The van der Waals surface area contributed by atoms with E-state index < -0.39 is 0 Å². The minimum absolute atomic E-state index is 0.454. The van der Waals surface area contributed by atoms with Gasteiger partial charge in [0.25, 0.3) is 0 Å². The van der Waals surface area contributed by atoms with Gasteiger partial charge in [0.2, 0.25) is 0 Å². The summed E-state index contributed by atoms with van der Waals surface area (Å²) >= 11 is 2.35. The van der Waals surface area contributed by atoms with E-state index in [0.29, 0.717) is 9.71 Å². The Morgan fingerprint density at radius 1 is 1.62 bits per heavy atom. The van der Waals surface area contributed by atoms with E-state index in [2.05, 4.69) is 22.6 Å². The lowest BCUT2D eigenvalue weighted by atomic mass is 10.00. The summed E-state index contributed by atoms with van der Waals surface area (Å²) in [6.45, 7) is 0. The highest BCUT2D eigenvalue weighted by Gasteiger charge is 2.15. The first-order valence-electron chi connectivity index (χ1n) is 2.95. The molecule has 0 heterocycles. The van der Waals surface area contributed by atoms with Crippen LogP contribution in [0.5, 0.6) is 0 Å². The molecule has 1 aliphatic rings. The molecule has 0 unspecified atom stereocenters. The van der Waals surface area contributed by atoms with E-state index in [1.54, 1.807) is 0 Å². The quantitative estimate of drug-likeness (QED) is 0.454. The van der Waals surface area contributed by atoms with Crippen LogP contribution in [-0.4, -0.2) is 9.71 Å². The van der Waals surface area contributed by atoms with Crippen molar-refractivity contribution in [2.45, 2.75) is 29.6 Å².